The highest BCUT2D eigenvalue weighted by molar-refractivity contribution is 8.23. The number of rotatable bonds is 2. The molecule has 0 unspecified atom stereocenters. The van der Waals surface area contributed by atoms with E-state index in [1.807, 2.05) is 36.4 Å². The molecule has 66 valence electrons. The molecule has 1 N–H and O–H groups in total. The average Bonchev–Trinajstić information content (AvgIpc) is 2.16. The highest BCUT2D eigenvalue weighted by Gasteiger charge is 1.96. The van der Waals surface area contributed by atoms with E-state index in [1.165, 1.54) is 11.8 Å². The molecule has 0 aliphatic heterocycles. The van der Waals surface area contributed by atoms with E-state index in [0.29, 0.717) is 10.1 Å². The zero-order valence-corrected chi connectivity index (χ0v) is 8.49. The second kappa shape index (κ2) is 5.57. The molecule has 0 aliphatic carbocycles. The number of hydrogen-bond acceptors (Lipinski definition) is 3. The minimum atomic E-state index is 0.388. The van der Waals surface area contributed by atoms with Gasteiger partial charge in [0.1, 0.15) is 4.32 Å². The van der Waals surface area contributed by atoms with E-state index >= 15 is 0 Å². The molecule has 0 aliphatic rings. The average molecular weight is 208 g/mol. The van der Waals surface area contributed by atoms with Gasteiger partial charge in [-0.15, -0.1) is 0 Å². The van der Waals surface area contributed by atoms with Gasteiger partial charge in [-0.25, -0.2) is 0 Å². The summed E-state index contributed by atoms with van der Waals surface area (Å²) in [5, 5.41) is 11.3. The summed E-state index contributed by atoms with van der Waals surface area (Å²) in [6.45, 7) is 0. The van der Waals surface area contributed by atoms with E-state index in [4.69, 9.17) is 17.5 Å². The number of benzene rings is 1. The SMILES string of the molecule is N#CCSC(=S)Nc1ccccc1. The largest absolute Gasteiger partial charge is 0.341 e. The molecule has 0 saturated carbocycles. The Bertz CT molecular complexity index is 316. The zero-order valence-electron chi connectivity index (χ0n) is 6.86. The minimum Gasteiger partial charge on any atom is -0.341 e. The normalized spacial score (nSPS) is 8.85. The summed E-state index contributed by atoms with van der Waals surface area (Å²) in [5.74, 6) is 0.388. The van der Waals surface area contributed by atoms with E-state index in [-0.39, 0.29) is 0 Å². The Morgan fingerprint density at radius 2 is 2.15 bits per heavy atom. The smallest absolute Gasteiger partial charge is 0.139 e. The molecule has 1 aromatic carbocycles. The quantitative estimate of drug-likeness (QED) is 0.758. The van der Waals surface area contributed by atoms with E-state index in [1.54, 1.807) is 0 Å². The fourth-order valence-corrected chi connectivity index (χ4v) is 1.45. The topological polar surface area (TPSA) is 35.8 Å². The van der Waals surface area contributed by atoms with Crippen LogP contribution in [0.4, 0.5) is 5.69 Å². The summed E-state index contributed by atoms with van der Waals surface area (Å²) < 4.78 is 0.632. The molecule has 0 radical (unpaired) electrons. The van der Waals surface area contributed by atoms with Gasteiger partial charge < -0.3 is 5.32 Å². The first-order chi connectivity index (χ1) is 6.33. The molecule has 4 heteroatoms. The number of nitrogens with zero attached hydrogens (tertiary/aromatic N) is 1. The molecule has 0 bridgehead atoms. The van der Waals surface area contributed by atoms with Crippen molar-refractivity contribution >= 4 is 34.0 Å². The summed E-state index contributed by atoms with van der Waals surface area (Å²) >= 11 is 6.33. The van der Waals surface area contributed by atoms with Gasteiger partial charge in [-0.05, 0) is 12.1 Å². The molecule has 1 rings (SSSR count). The van der Waals surface area contributed by atoms with Crippen LogP contribution >= 0.6 is 24.0 Å². The van der Waals surface area contributed by atoms with Crippen LogP contribution in [0, 0.1) is 11.3 Å². The monoisotopic (exact) mass is 208 g/mol. The van der Waals surface area contributed by atoms with E-state index < -0.39 is 0 Å². The van der Waals surface area contributed by atoms with Crippen molar-refractivity contribution in [1.82, 2.24) is 0 Å². The van der Waals surface area contributed by atoms with Crippen LogP contribution in [0.5, 0.6) is 0 Å². The summed E-state index contributed by atoms with van der Waals surface area (Å²) in [6, 6.07) is 11.7. The van der Waals surface area contributed by atoms with Gasteiger partial charge in [0.25, 0.3) is 0 Å². The zero-order chi connectivity index (χ0) is 9.52. The van der Waals surface area contributed by atoms with Crippen LogP contribution in [0.15, 0.2) is 30.3 Å². The lowest BCUT2D eigenvalue weighted by atomic mass is 10.3. The van der Waals surface area contributed by atoms with E-state index in [0.717, 1.165) is 5.69 Å². The van der Waals surface area contributed by atoms with E-state index in [2.05, 4.69) is 5.32 Å². The number of thioether (sulfide) groups is 1. The van der Waals surface area contributed by atoms with Crippen molar-refractivity contribution in [3.63, 3.8) is 0 Å². The second-order valence-electron chi connectivity index (χ2n) is 2.23. The van der Waals surface area contributed by atoms with Crippen LogP contribution in [0.2, 0.25) is 0 Å². The lowest BCUT2D eigenvalue weighted by Gasteiger charge is -2.04. The molecule has 0 saturated heterocycles. The van der Waals surface area contributed by atoms with E-state index in [9.17, 15) is 0 Å². The Hall–Kier alpha value is -1.05. The summed E-state index contributed by atoms with van der Waals surface area (Å²) in [4.78, 5) is 0. The van der Waals surface area contributed by atoms with Crippen LogP contribution in [0.1, 0.15) is 0 Å². The maximum absolute atomic E-state index is 8.32. The summed E-state index contributed by atoms with van der Waals surface area (Å²) in [7, 11) is 0. The molecular weight excluding hydrogens is 200 g/mol. The standard InChI is InChI=1S/C9H8N2S2/c10-6-7-13-9(12)11-8-4-2-1-3-5-8/h1-5H,7H2,(H,11,12). The molecule has 0 spiro atoms. The number of hydrogen-bond donors (Lipinski definition) is 1. The van der Waals surface area contributed by atoms with Crippen molar-refractivity contribution in [2.75, 3.05) is 11.1 Å². The van der Waals surface area contributed by atoms with Crippen LogP contribution in [-0.4, -0.2) is 10.1 Å². The Morgan fingerprint density at radius 1 is 1.46 bits per heavy atom. The fourth-order valence-electron chi connectivity index (χ4n) is 0.773. The maximum Gasteiger partial charge on any atom is 0.139 e. The van der Waals surface area contributed by atoms with Crippen molar-refractivity contribution in [3.05, 3.63) is 30.3 Å². The molecule has 0 atom stereocenters. The number of anilines is 1. The molecule has 0 fully saturated rings. The van der Waals surface area contributed by atoms with Crippen molar-refractivity contribution in [2.45, 2.75) is 0 Å². The van der Waals surface area contributed by atoms with Crippen LogP contribution in [-0.2, 0) is 0 Å². The Labute approximate surface area is 87.0 Å². The van der Waals surface area contributed by atoms with Gasteiger partial charge in [0, 0.05) is 5.69 Å². The first-order valence-electron chi connectivity index (χ1n) is 3.68. The van der Waals surface area contributed by atoms with Crippen molar-refractivity contribution < 1.29 is 0 Å². The predicted molar refractivity (Wildman–Crippen MR) is 60.7 cm³/mol. The third-order valence-corrected chi connectivity index (χ3v) is 2.38. The Balaban J connectivity index is 2.42. The van der Waals surface area contributed by atoms with Crippen LogP contribution < -0.4 is 5.32 Å². The first kappa shape index (κ1) is 10.0. The van der Waals surface area contributed by atoms with Crippen molar-refractivity contribution in [2.24, 2.45) is 0 Å². The minimum absolute atomic E-state index is 0.388. The van der Waals surface area contributed by atoms with Gasteiger partial charge in [0.2, 0.25) is 0 Å². The van der Waals surface area contributed by atoms with Gasteiger partial charge in [0.15, 0.2) is 0 Å². The number of para-hydroxylation sites is 1. The van der Waals surface area contributed by atoms with Gasteiger partial charge >= 0.3 is 0 Å². The Kier molecular flexibility index (Phi) is 4.30. The summed E-state index contributed by atoms with van der Waals surface area (Å²) in [5.41, 5.74) is 0.956. The molecule has 2 nitrogen and oxygen atoms in total. The number of thiocarbonyl (C=S) groups is 1. The fraction of sp³-hybridized carbons (Fsp3) is 0.111. The third kappa shape index (κ3) is 3.92. The van der Waals surface area contributed by atoms with Crippen LogP contribution in [0.3, 0.4) is 0 Å². The molecular formula is C9H8N2S2. The second-order valence-corrected chi connectivity index (χ2v) is 3.88. The number of nitrogens with one attached hydrogen (secondary N) is 1. The van der Waals surface area contributed by atoms with Crippen molar-refractivity contribution in [3.8, 4) is 6.07 Å². The Morgan fingerprint density at radius 3 is 2.77 bits per heavy atom. The van der Waals surface area contributed by atoms with Gasteiger partial charge in [-0.1, -0.05) is 42.2 Å². The van der Waals surface area contributed by atoms with Crippen molar-refractivity contribution in [1.29, 1.82) is 5.26 Å². The van der Waals surface area contributed by atoms with Crippen LogP contribution in [0.25, 0.3) is 0 Å². The predicted octanol–water partition coefficient (Wildman–Crippen LogP) is 2.64. The van der Waals surface area contributed by atoms with Gasteiger partial charge in [0.05, 0.1) is 11.8 Å². The molecule has 1 aromatic rings. The third-order valence-electron chi connectivity index (χ3n) is 1.29. The number of nitriles is 1. The molecule has 0 aromatic heterocycles. The summed E-state index contributed by atoms with van der Waals surface area (Å²) in [6.07, 6.45) is 0. The van der Waals surface area contributed by atoms with Gasteiger partial charge in [-0.2, -0.15) is 5.26 Å². The molecule has 0 amide bonds. The maximum atomic E-state index is 8.32. The molecule has 0 heterocycles. The molecule has 13 heavy (non-hydrogen) atoms. The lowest BCUT2D eigenvalue weighted by Crippen LogP contribution is -2.04. The van der Waals surface area contributed by atoms with Gasteiger partial charge in [-0.3, -0.25) is 0 Å². The lowest BCUT2D eigenvalue weighted by molar-refractivity contribution is 1.50. The highest BCUT2D eigenvalue weighted by Crippen LogP contribution is 2.10. The highest BCUT2D eigenvalue weighted by atomic mass is 32.2. The first-order valence-corrected chi connectivity index (χ1v) is 5.08.